The SMILES string of the molecule is CCOc1cc(C(F)(F)F)ncc1N1CCC2=NC(c3c(F)cccc3F)CC2C1. The summed E-state index contributed by atoms with van der Waals surface area (Å²) in [6.45, 7) is 2.89. The molecule has 2 aliphatic rings. The second-order valence-electron chi connectivity index (χ2n) is 7.37. The number of hydrogen-bond acceptors (Lipinski definition) is 4. The molecule has 9 heteroatoms. The van der Waals surface area contributed by atoms with Crippen LogP contribution in [0.3, 0.4) is 0 Å². The molecule has 4 nitrogen and oxygen atoms in total. The first kappa shape index (κ1) is 20.6. The van der Waals surface area contributed by atoms with Crippen molar-refractivity contribution in [1.29, 1.82) is 0 Å². The smallest absolute Gasteiger partial charge is 0.433 e. The fourth-order valence-electron chi connectivity index (χ4n) is 4.14. The summed E-state index contributed by atoms with van der Waals surface area (Å²) in [4.78, 5) is 10.0. The van der Waals surface area contributed by atoms with E-state index in [9.17, 15) is 22.0 Å². The molecular weight excluding hydrogens is 405 g/mol. The van der Waals surface area contributed by atoms with Crippen LogP contribution in [0.25, 0.3) is 0 Å². The highest BCUT2D eigenvalue weighted by Gasteiger charge is 2.38. The molecule has 3 heterocycles. The van der Waals surface area contributed by atoms with Crippen LogP contribution in [0.5, 0.6) is 5.75 Å². The Hall–Kier alpha value is -2.71. The number of fused-ring (bicyclic) bond motifs is 1. The molecule has 1 aromatic heterocycles. The maximum atomic E-state index is 14.2. The van der Waals surface area contributed by atoms with Gasteiger partial charge in [-0.3, -0.25) is 4.99 Å². The molecule has 1 saturated heterocycles. The maximum Gasteiger partial charge on any atom is 0.433 e. The normalized spacial score (nSPS) is 21.4. The van der Waals surface area contributed by atoms with Crippen LogP contribution in [-0.2, 0) is 6.18 Å². The Morgan fingerprint density at radius 2 is 1.93 bits per heavy atom. The van der Waals surface area contributed by atoms with E-state index >= 15 is 0 Å². The first-order valence-electron chi connectivity index (χ1n) is 9.73. The molecule has 2 unspecified atom stereocenters. The van der Waals surface area contributed by atoms with E-state index in [-0.39, 0.29) is 23.8 Å². The van der Waals surface area contributed by atoms with Gasteiger partial charge in [-0.05, 0) is 25.5 Å². The molecular formula is C21H20F5N3O. The lowest BCUT2D eigenvalue weighted by Crippen LogP contribution is -2.39. The molecule has 2 aliphatic heterocycles. The van der Waals surface area contributed by atoms with Crippen LogP contribution in [0, 0.1) is 17.6 Å². The van der Waals surface area contributed by atoms with Gasteiger partial charge in [0.25, 0.3) is 0 Å². The molecule has 0 bridgehead atoms. The van der Waals surface area contributed by atoms with Crippen molar-refractivity contribution in [3.05, 3.63) is 53.4 Å². The largest absolute Gasteiger partial charge is 0.492 e. The zero-order chi connectivity index (χ0) is 21.5. The van der Waals surface area contributed by atoms with E-state index in [0.717, 1.165) is 11.8 Å². The van der Waals surface area contributed by atoms with Gasteiger partial charge in [0.1, 0.15) is 23.1 Å². The lowest BCUT2D eigenvalue weighted by molar-refractivity contribution is -0.141. The second kappa shape index (κ2) is 7.85. The summed E-state index contributed by atoms with van der Waals surface area (Å²) in [5.74, 6) is -1.16. The summed E-state index contributed by atoms with van der Waals surface area (Å²) in [7, 11) is 0. The molecule has 0 aliphatic carbocycles. The van der Waals surface area contributed by atoms with Crippen LogP contribution in [0.4, 0.5) is 27.6 Å². The highest BCUT2D eigenvalue weighted by molar-refractivity contribution is 5.91. The average Bonchev–Trinajstić information content (AvgIpc) is 3.10. The van der Waals surface area contributed by atoms with Crippen LogP contribution in [-0.4, -0.2) is 30.4 Å². The molecule has 0 radical (unpaired) electrons. The fourth-order valence-corrected chi connectivity index (χ4v) is 4.14. The lowest BCUT2D eigenvalue weighted by atomic mass is 9.91. The second-order valence-corrected chi connectivity index (χ2v) is 7.37. The molecule has 0 saturated carbocycles. The molecule has 4 rings (SSSR count). The van der Waals surface area contributed by atoms with Crippen molar-refractivity contribution < 1.29 is 26.7 Å². The highest BCUT2D eigenvalue weighted by atomic mass is 19.4. The Morgan fingerprint density at radius 3 is 2.60 bits per heavy atom. The van der Waals surface area contributed by atoms with E-state index in [1.165, 1.54) is 24.4 Å². The number of nitrogens with zero attached hydrogens (tertiary/aromatic N) is 3. The number of anilines is 1. The van der Waals surface area contributed by atoms with Crippen molar-refractivity contribution in [2.24, 2.45) is 10.9 Å². The summed E-state index contributed by atoms with van der Waals surface area (Å²) < 4.78 is 72.8. The molecule has 1 aromatic carbocycles. The van der Waals surface area contributed by atoms with Crippen molar-refractivity contribution in [1.82, 2.24) is 4.98 Å². The number of aliphatic imine (C=N–C) groups is 1. The quantitative estimate of drug-likeness (QED) is 0.633. The topological polar surface area (TPSA) is 37.7 Å². The van der Waals surface area contributed by atoms with E-state index in [1.807, 2.05) is 4.90 Å². The van der Waals surface area contributed by atoms with Crippen LogP contribution in [0.1, 0.15) is 37.1 Å². The van der Waals surface area contributed by atoms with E-state index in [2.05, 4.69) is 9.98 Å². The maximum absolute atomic E-state index is 14.2. The number of alkyl halides is 3. The Morgan fingerprint density at radius 1 is 1.20 bits per heavy atom. The zero-order valence-electron chi connectivity index (χ0n) is 16.2. The van der Waals surface area contributed by atoms with E-state index in [4.69, 9.17) is 4.74 Å². The summed E-state index contributed by atoms with van der Waals surface area (Å²) in [6, 6.07) is 4.07. The molecule has 2 aromatic rings. The Kier molecular flexibility index (Phi) is 5.38. The summed E-state index contributed by atoms with van der Waals surface area (Å²) in [5, 5.41) is 0. The van der Waals surface area contributed by atoms with Crippen molar-refractivity contribution in [3.8, 4) is 5.75 Å². The minimum absolute atomic E-state index is 0.0304. The van der Waals surface area contributed by atoms with Crippen LogP contribution in [0.15, 0.2) is 35.5 Å². The van der Waals surface area contributed by atoms with Crippen molar-refractivity contribution in [2.75, 3.05) is 24.6 Å². The van der Waals surface area contributed by atoms with Gasteiger partial charge in [0.15, 0.2) is 0 Å². The van der Waals surface area contributed by atoms with Crippen molar-refractivity contribution >= 4 is 11.4 Å². The molecule has 1 fully saturated rings. The molecule has 30 heavy (non-hydrogen) atoms. The Bertz CT molecular complexity index is 955. The van der Waals surface area contributed by atoms with Crippen molar-refractivity contribution in [3.63, 3.8) is 0 Å². The summed E-state index contributed by atoms with van der Waals surface area (Å²) in [6.07, 6.45) is -2.38. The minimum atomic E-state index is -4.56. The van der Waals surface area contributed by atoms with Gasteiger partial charge in [0.05, 0.1) is 24.5 Å². The molecule has 0 N–H and O–H groups in total. The Labute approximate surface area is 170 Å². The predicted molar refractivity (Wildman–Crippen MR) is 102 cm³/mol. The fraction of sp³-hybridized carbons (Fsp3) is 0.429. The monoisotopic (exact) mass is 425 g/mol. The van der Waals surface area contributed by atoms with E-state index in [1.54, 1.807) is 6.92 Å². The first-order valence-corrected chi connectivity index (χ1v) is 9.73. The third-order valence-corrected chi connectivity index (χ3v) is 5.49. The molecule has 0 amide bonds. The zero-order valence-corrected chi connectivity index (χ0v) is 16.2. The minimum Gasteiger partial charge on any atom is -0.492 e. The Balaban J connectivity index is 1.56. The molecule has 0 spiro atoms. The van der Waals surface area contributed by atoms with Crippen molar-refractivity contribution in [2.45, 2.75) is 32.0 Å². The number of halogens is 5. The number of aromatic nitrogens is 1. The van der Waals surface area contributed by atoms with Gasteiger partial charge in [-0.15, -0.1) is 0 Å². The van der Waals surface area contributed by atoms with Crippen LogP contribution in [0.2, 0.25) is 0 Å². The summed E-state index contributed by atoms with van der Waals surface area (Å²) >= 11 is 0. The number of ether oxygens (including phenoxy) is 1. The average molecular weight is 425 g/mol. The first-order chi connectivity index (χ1) is 14.3. The lowest BCUT2D eigenvalue weighted by Gasteiger charge is -2.34. The number of piperidine rings is 1. The van der Waals surface area contributed by atoms with E-state index < -0.39 is 29.5 Å². The number of hydrogen-bond donors (Lipinski definition) is 0. The van der Waals surface area contributed by atoms with Gasteiger partial charge in [-0.1, -0.05) is 6.07 Å². The predicted octanol–water partition coefficient (Wildman–Crippen LogP) is 5.19. The number of rotatable bonds is 4. The standard InChI is InChI=1S/C21H20F5N3O/c1-2-30-18-9-19(21(24,25)26)27-10-17(18)29-7-6-15-12(11-29)8-16(28-15)20-13(22)4-3-5-14(20)23/h3-5,9-10,12,16H,2,6-8,11H2,1H3. The van der Waals surface area contributed by atoms with Gasteiger partial charge >= 0.3 is 6.18 Å². The van der Waals surface area contributed by atoms with Gasteiger partial charge in [-0.2, -0.15) is 13.2 Å². The third-order valence-electron chi connectivity index (χ3n) is 5.49. The number of benzene rings is 1. The van der Waals surface area contributed by atoms with Gasteiger partial charge in [-0.25, -0.2) is 13.8 Å². The van der Waals surface area contributed by atoms with E-state index in [0.29, 0.717) is 31.6 Å². The summed E-state index contributed by atoms with van der Waals surface area (Å²) in [5.41, 5.74) is 0.322. The van der Waals surface area contributed by atoms with Gasteiger partial charge in [0, 0.05) is 42.8 Å². The highest BCUT2D eigenvalue weighted by Crippen LogP contribution is 2.41. The number of pyridine rings is 1. The van der Waals surface area contributed by atoms with Gasteiger partial charge in [0.2, 0.25) is 0 Å². The van der Waals surface area contributed by atoms with Crippen LogP contribution < -0.4 is 9.64 Å². The third kappa shape index (κ3) is 3.85. The molecule has 160 valence electrons. The van der Waals surface area contributed by atoms with Gasteiger partial charge < -0.3 is 9.64 Å². The molecule has 2 atom stereocenters. The van der Waals surface area contributed by atoms with Crippen LogP contribution >= 0.6 is 0 Å².